The maximum atomic E-state index is 13.3. The minimum atomic E-state index is -0.332. The Kier molecular flexibility index (Phi) is 6.07. The molecule has 0 saturated carbocycles. The van der Waals surface area contributed by atoms with Gasteiger partial charge in [-0.15, -0.1) is 0 Å². The van der Waals surface area contributed by atoms with E-state index in [-0.39, 0.29) is 24.4 Å². The van der Waals surface area contributed by atoms with E-state index in [1.54, 1.807) is 26.4 Å². The first kappa shape index (κ1) is 20.7. The predicted molar refractivity (Wildman–Crippen MR) is 115 cm³/mol. The number of carbonyl (C=O) groups excluding carboxylic acids is 1. The topological polar surface area (TPSA) is 48.0 Å². The molecule has 0 aromatic heterocycles. The Balaban J connectivity index is 1.69. The molecule has 3 aromatic rings. The highest BCUT2D eigenvalue weighted by Crippen LogP contribution is 2.39. The molecule has 0 radical (unpaired) electrons. The van der Waals surface area contributed by atoms with E-state index in [4.69, 9.17) is 14.2 Å². The predicted octanol–water partition coefficient (Wildman–Crippen LogP) is 4.66. The fourth-order valence-corrected chi connectivity index (χ4v) is 3.90. The zero-order valence-electron chi connectivity index (χ0n) is 17.5. The van der Waals surface area contributed by atoms with Crippen LogP contribution in [0.5, 0.6) is 17.2 Å². The van der Waals surface area contributed by atoms with E-state index in [0.29, 0.717) is 35.8 Å². The van der Waals surface area contributed by atoms with Crippen LogP contribution in [0.15, 0.2) is 66.7 Å². The molecule has 0 N–H and O–H groups in total. The van der Waals surface area contributed by atoms with Crippen molar-refractivity contribution in [2.45, 2.75) is 12.5 Å². The monoisotopic (exact) mass is 421 g/mol. The second-order valence-corrected chi connectivity index (χ2v) is 7.30. The lowest BCUT2D eigenvalue weighted by molar-refractivity contribution is 0.0589. The standard InChI is InChI=1S/C25H24FNO4/c1-29-23-14-18-12-13-27(25(28)17-6-4-3-5-7-17)22(21(18)15-24(23)30-2)16-31-20-10-8-19(26)9-11-20/h3-11,14-15,22H,12-13,16H2,1-2H3/t22-/m0/s1. The third-order valence-electron chi connectivity index (χ3n) is 5.51. The summed E-state index contributed by atoms with van der Waals surface area (Å²) >= 11 is 0. The molecule has 0 saturated heterocycles. The molecule has 1 atom stereocenters. The van der Waals surface area contributed by atoms with Crippen molar-refractivity contribution in [1.29, 1.82) is 0 Å². The molecule has 4 rings (SSSR count). The van der Waals surface area contributed by atoms with Crippen LogP contribution < -0.4 is 14.2 Å². The first-order valence-electron chi connectivity index (χ1n) is 10.1. The van der Waals surface area contributed by atoms with Gasteiger partial charge < -0.3 is 19.1 Å². The number of hydrogen-bond acceptors (Lipinski definition) is 4. The van der Waals surface area contributed by atoms with Gasteiger partial charge in [-0.2, -0.15) is 0 Å². The molecule has 0 spiro atoms. The van der Waals surface area contributed by atoms with Gasteiger partial charge in [-0.25, -0.2) is 4.39 Å². The Hall–Kier alpha value is -3.54. The zero-order chi connectivity index (χ0) is 21.8. The molecular formula is C25H24FNO4. The lowest BCUT2D eigenvalue weighted by Crippen LogP contribution is -2.42. The van der Waals surface area contributed by atoms with Crippen LogP contribution >= 0.6 is 0 Å². The number of nitrogens with zero attached hydrogens (tertiary/aromatic N) is 1. The largest absolute Gasteiger partial charge is 0.493 e. The van der Waals surface area contributed by atoms with Gasteiger partial charge in [-0.3, -0.25) is 4.79 Å². The number of ether oxygens (including phenoxy) is 3. The Morgan fingerprint density at radius 3 is 2.35 bits per heavy atom. The molecule has 1 heterocycles. The van der Waals surface area contributed by atoms with E-state index in [1.807, 2.05) is 47.4 Å². The number of carbonyl (C=O) groups is 1. The van der Waals surface area contributed by atoms with E-state index >= 15 is 0 Å². The summed E-state index contributed by atoms with van der Waals surface area (Å²) in [5.74, 6) is 1.41. The molecule has 1 aliphatic heterocycles. The number of hydrogen-bond donors (Lipinski definition) is 0. The highest BCUT2D eigenvalue weighted by Gasteiger charge is 2.33. The summed E-state index contributed by atoms with van der Waals surface area (Å²) in [7, 11) is 3.19. The van der Waals surface area contributed by atoms with E-state index in [9.17, 15) is 9.18 Å². The molecule has 160 valence electrons. The molecule has 3 aromatic carbocycles. The van der Waals surface area contributed by atoms with Crippen molar-refractivity contribution in [3.8, 4) is 17.2 Å². The molecule has 1 aliphatic rings. The summed E-state index contributed by atoms with van der Waals surface area (Å²) < 4.78 is 30.2. The lowest BCUT2D eigenvalue weighted by Gasteiger charge is -2.37. The molecule has 0 unspecified atom stereocenters. The fraction of sp³-hybridized carbons (Fsp3) is 0.240. The normalized spacial score (nSPS) is 15.2. The van der Waals surface area contributed by atoms with Gasteiger partial charge in [-0.05, 0) is 66.1 Å². The van der Waals surface area contributed by atoms with Crippen LogP contribution in [0, 0.1) is 5.82 Å². The van der Waals surface area contributed by atoms with Crippen LogP contribution in [0.4, 0.5) is 4.39 Å². The van der Waals surface area contributed by atoms with Gasteiger partial charge >= 0.3 is 0 Å². The van der Waals surface area contributed by atoms with E-state index in [2.05, 4.69) is 0 Å². The summed E-state index contributed by atoms with van der Waals surface area (Å²) in [4.78, 5) is 15.1. The fourth-order valence-electron chi connectivity index (χ4n) is 3.90. The third-order valence-corrected chi connectivity index (χ3v) is 5.51. The van der Waals surface area contributed by atoms with E-state index < -0.39 is 0 Å². The molecule has 31 heavy (non-hydrogen) atoms. The van der Waals surface area contributed by atoms with Gasteiger partial charge in [0.15, 0.2) is 11.5 Å². The summed E-state index contributed by atoms with van der Waals surface area (Å²) in [6.45, 7) is 0.778. The van der Waals surface area contributed by atoms with Gasteiger partial charge in [0.25, 0.3) is 5.91 Å². The maximum absolute atomic E-state index is 13.3. The van der Waals surface area contributed by atoms with Crippen molar-refractivity contribution in [2.75, 3.05) is 27.4 Å². The van der Waals surface area contributed by atoms with Crippen molar-refractivity contribution >= 4 is 5.91 Å². The highest BCUT2D eigenvalue weighted by molar-refractivity contribution is 5.94. The number of amides is 1. The second kappa shape index (κ2) is 9.08. The van der Waals surface area contributed by atoms with Crippen LogP contribution in [0.25, 0.3) is 0 Å². The van der Waals surface area contributed by atoms with Crippen LogP contribution in [-0.4, -0.2) is 38.2 Å². The van der Waals surface area contributed by atoms with Gasteiger partial charge in [0, 0.05) is 12.1 Å². The minimum absolute atomic E-state index is 0.0614. The number of rotatable bonds is 6. The van der Waals surface area contributed by atoms with Crippen molar-refractivity contribution in [2.24, 2.45) is 0 Å². The van der Waals surface area contributed by atoms with Gasteiger partial charge in [-0.1, -0.05) is 18.2 Å². The van der Waals surface area contributed by atoms with Crippen LogP contribution in [0.1, 0.15) is 27.5 Å². The van der Waals surface area contributed by atoms with Crippen molar-refractivity contribution < 1.29 is 23.4 Å². The minimum Gasteiger partial charge on any atom is -0.493 e. The number of halogens is 1. The average molecular weight is 421 g/mol. The third kappa shape index (κ3) is 4.33. The van der Waals surface area contributed by atoms with Crippen molar-refractivity contribution in [1.82, 2.24) is 4.90 Å². The van der Waals surface area contributed by atoms with Crippen LogP contribution in [0.2, 0.25) is 0 Å². The summed E-state index contributed by atoms with van der Waals surface area (Å²) in [6.07, 6.45) is 0.696. The number of methoxy groups -OCH3 is 2. The molecular weight excluding hydrogens is 397 g/mol. The molecule has 1 amide bonds. The van der Waals surface area contributed by atoms with E-state index in [0.717, 1.165) is 11.1 Å². The Labute approximate surface area is 181 Å². The summed E-state index contributed by atoms with van der Waals surface area (Å²) in [6, 6.07) is 18.6. The maximum Gasteiger partial charge on any atom is 0.254 e. The average Bonchev–Trinajstić information content (AvgIpc) is 2.82. The van der Waals surface area contributed by atoms with Crippen LogP contribution in [0.3, 0.4) is 0 Å². The first-order valence-corrected chi connectivity index (χ1v) is 10.1. The smallest absolute Gasteiger partial charge is 0.254 e. The van der Waals surface area contributed by atoms with E-state index in [1.165, 1.54) is 12.1 Å². The Morgan fingerprint density at radius 1 is 1.00 bits per heavy atom. The number of fused-ring (bicyclic) bond motifs is 1. The quantitative estimate of drug-likeness (QED) is 0.581. The van der Waals surface area contributed by atoms with Crippen molar-refractivity contribution in [3.63, 3.8) is 0 Å². The highest BCUT2D eigenvalue weighted by atomic mass is 19.1. The lowest BCUT2D eigenvalue weighted by atomic mass is 9.91. The van der Waals surface area contributed by atoms with Gasteiger partial charge in [0.2, 0.25) is 0 Å². The van der Waals surface area contributed by atoms with Gasteiger partial charge in [0.1, 0.15) is 18.2 Å². The Morgan fingerprint density at radius 2 is 1.68 bits per heavy atom. The van der Waals surface area contributed by atoms with Crippen molar-refractivity contribution in [3.05, 3.63) is 89.2 Å². The molecule has 6 heteroatoms. The summed E-state index contributed by atoms with van der Waals surface area (Å²) in [5, 5.41) is 0. The first-order chi connectivity index (χ1) is 15.1. The zero-order valence-corrected chi connectivity index (χ0v) is 17.5. The second-order valence-electron chi connectivity index (χ2n) is 7.30. The SMILES string of the molecule is COc1cc2c(cc1OC)[C@H](COc1ccc(F)cc1)N(C(=O)c1ccccc1)CC2. The van der Waals surface area contributed by atoms with Crippen LogP contribution in [-0.2, 0) is 6.42 Å². The Bertz CT molecular complexity index is 1050. The molecule has 5 nitrogen and oxygen atoms in total. The summed E-state index contributed by atoms with van der Waals surface area (Å²) in [5.41, 5.74) is 2.66. The molecule has 0 fully saturated rings. The molecule has 0 bridgehead atoms. The number of benzene rings is 3. The van der Waals surface area contributed by atoms with Gasteiger partial charge in [0.05, 0.1) is 20.3 Å². The molecule has 0 aliphatic carbocycles.